The van der Waals surface area contributed by atoms with Gasteiger partial charge in [0.25, 0.3) is 5.24 Å². The van der Waals surface area contributed by atoms with Crippen LogP contribution in [-0.4, -0.2) is 11.8 Å². The van der Waals surface area contributed by atoms with Crippen molar-refractivity contribution >= 4 is 16.8 Å². The summed E-state index contributed by atoms with van der Waals surface area (Å²) >= 11 is 5.44. The van der Waals surface area contributed by atoms with Gasteiger partial charge < -0.3 is 4.74 Å². The van der Waals surface area contributed by atoms with Crippen molar-refractivity contribution in [2.24, 2.45) is 0 Å². The Balaban J connectivity index is 3.09. The predicted molar refractivity (Wildman–Crippen MR) is 61.8 cm³/mol. The van der Waals surface area contributed by atoms with Gasteiger partial charge in [-0.15, -0.1) is 0 Å². The highest BCUT2D eigenvalue weighted by Crippen LogP contribution is 2.25. The van der Waals surface area contributed by atoms with E-state index in [2.05, 4.69) is 6.58 Å². The Kier molecular flexibility index (Phi) is 3.92. The Morgan fingerprint density at radius 1 is 1.47 bits per heavy atom. The number of benzene rings is 1. The lowest BCUT2D eigenvalue weighted by Gasteiger charge is -2.11. The van der Waals surface area contributed by atoms with Gasteiger partial charge in [0.05, 0.1) is 0 Å². The molecule has 1 aromatic carbocycles. The zero-order chi connectivity index (χ0) is 11.4. The first-order valence-corrected chi connectivity index (χ1v) is 4.99. The minimum absolute atomic E-state index is 0.439. The summed E-state index contributed by atoms with van der Waals surface area (Å²) < 4.78 is 5.43. The fraction of sp³-hybridized carbons (Fsp3) is 0.250. The largest absolute Gasteiger partial charge is 0.489 e. The Hall–Kier alpha value is -1.28. The minimum atomic E-state index is -0.439. The predicted octanol–water partition coefficient (Wildman–Crippen LogP) is 3.25. The molecule has 80 valence electrons. The van der Waals surface area contributed by atoms with Gasteiger partial charge in [-0.05, 0) is 48.7 Å². The van der Waals surface area contributed by atoms with E-state index in [1.54, 1.807) is 18.2 Å². The van der Waals surface area contributed by atoms with Gasteiger partial charge in [0.15, 0.2) is 0 Å². The topological polar surface area (TPSA) is 26.3 Å². The van der Waals surface area contributed by atoms with Crippen LogP contribution in [0.25, 0.3) is 0 Å². The summed E-state index contributed by atoms with van der Waals surface area (Å²) in [6.45, 7) is 7.78. The summed E-state index contributed by atoms with van der Waals surface area (Å²) in [6, 6.07) is 3.43. The molecule has 0 aliphatic carbocycles. The van der Waals surface area contributed by atoms with Crippen LogP contribution in [0, 0.1) is 13.8 Å². The number of hydrogen-bond donors (Lipinski definition) is 0. The summed E-state index contributed by atoms with van der Waals surface area (Å²) in [4.78, 5) is 11.1. The molecule has 0 unspecified atom stereocenters. The number of hydrogen-bond acceptors (Lipinski definition) is 2. The molecule has 0 saturated carbocycles. The average Bonchev–Trinajstić information content (AvgIpc) is 2.20. The molecule has 0 heterocycles. The van der Waals surface area contributed by atoms with Crippen LogP contribution in [0.15, 0.2) is 24.8 Å². The average molecular weight is 225 g/mol. The maximum absolute atomic E-state index is 11.1. The third-order valence-electron chi connectivity index (χ3n) is 2.31. The first-order valence-electron chi connectivity index (χ1n) is 4.61. The van der Waals surface area contributed by atoms with E-state index in [1.165, 1.54) is 0 Å². The molecule has 15 heavy (non-hydrogen) atoms. The maximum atomic E-state index is 11.1. The molecule has 1 aromatic rings. The van der Waals surface area contributed by atoms with Gasteiger partial charge in [-0.1, -0.05) is 12.7 Å². The molecular formula is C12H13ClO2. The molecule has 3 heteroatoms. The van der Waals surface area contributed by atoms with E-state index in [4.69, 9.17) is 16.3 Å². The lowest BCUT2D eigenvalue weighted by atomic mass is 10.0. The molecule has 0 fully saturated rings. The highest BCUT2D eigenvalue weighted by atomic mass is 35.5. The Bertz CT molecular complexity index is 397. The van der Waals surface area contributed by atoms with E-state index in [0.717, 1.165) is 16.9 Å². The number of carbonyl (C=O) groups excluding carboxylic acids is 1. The Labute approximate surface area is 94.5 Å². The number of rotatable bonds is 4. The van der Waals surface area contributed by atoms with Crippen molar-refractivity contribution in [3.05, 3.63) is 41.5 Å². The molecular weight excluding hydrogens is 212 g/mol. The Morgan fingerprint density at radius 3 is 2.67 bits per heavy atom. The third kappa shape index (κ3) is 2.60. The molecule has 0 amide bonds. The fourth-order valence-electron chi connectivity index (χ4n) is 1.31. The molecule has 0 aliphatic heterocycles. The van der Waals surface area contributed by atoms with E-state index < -0.39 is 5.24 Å². The van der Waals surface area contributed by atoms with Crippen molar-refractivity contribution in [2.45, 2.75) is 13.8 Å². The normalized spacial score (nSPS) is 9.80. The van der Waals surface area contributed by atoms with E-state index in [1.807, 2.05) is 13.8 Å². The molecule has 0 radical (unpaired) electrons. The van der Waals surface area contributed by atoms with Gasteiger partial charge in [0.2, 0.25) is 0 Å². The molecule has 0 bridgehead atoms. The summed E-state index contributed by atoms with van der Waals surface area (Å²) in [5.41, 5.74) is 2.32. The quantitative estimate of drug-likeness (QED) is 0.580. The zero-order valence-electron chi connectivity index (χ0n) is 8.84. The van der Waals surface area contributed by atoms with Crippen LogP contribution in [0.5, 0.6) is 5.75 Å². The molecule has 0 atom stereocenters. The standard InChI is InChI=1S/C12H13ClO2/c1-4-7-15-11-6-5-10(12(13)14)8(2)9(11)3/h4-6H,1,7H2,2-3H3. The van der Waals surface area contributed by atoms with Crippen LogP contribution in [0.4, 0.5) is 0 Å². The van der Waals surface area contributed by atoms with Gasteiger partial charge in [-0.2, -0.15) is 0 Å². The van der Waals surface area contributed by atoms with E-state index in [-0.39, 0.29) is 0 Å². The lowest BCUT2D eigenvalue weighted by molar-refractivity contribution is 0.108. The number of ether oxygens (including phenoxy) is 1. The van der Waals surface area contributed by atoms with E-state index in [0.29, 0.717) is 12.2 Å². The van der Waals surface area contributed by atoms with Crippen LogP contribution in [0.3, 0.4) is 0 Å². The van der Waals surface area contributed by atoms with Crippen LogP contribution in [-0.2, 0) is 0 Å². The second kappa shape index (κ2) is 4.99. The van der Waals surface area contributed by atoms with Crippen molar-refractivity contribution < 1.29 is 9.53 Å². The molecule has 2 nitrogen and oxygen atoms in total. The van der Waals surface area contributed by atoms with Gasteiger partial charge in [-0.25, -0.2) is 0 Å². The van der Waals surface area contributed by atoms with Crippen LogP contribution in [0.2, 0.25) is 0 Å². The van der Waals surface area contributed by atoms with E-state index in [9.17, 15) is 4.79 Å². The van der Waals surface area contributed by atoms with Gasteiger partial charge in [0.1, 0.15) is 12.4 Å². The highest BCUT2D eigenvalue weighted by molar-refractivity contribution is 6.67. The smallest absolute Gasteiger partial charge is 0.252 e. The maximum Gasteiger partial charge on any atom is 0.252 e. The van der Waals surface area contributed by atoms with Gasteiger partial charge in [0, 0.05) is 5.56 Å². The van der Waals surface area contributed by atoms with Crippen molar-refractivity contribution in [2.75, 3.05) is 6.61 Å². The summed E-state index contributed by atoms with van der Waals surface area (Å²) in [5.74, 6) is 0.758. The summed E-state index contributed by atoms with van der Waals surface area (Å²) in [6.07, 6.45) is 1.68. The summed E-state index contributed by atoms with van der Waals surface area (Å²) in [7, 11) is 0. The fourth-order valence-corrected chi connectivity index (χ4v) is 1.52. The molecule has 0 aliphatic rings. The van der Waals surface area contributed by atoms with Crippen molar-refractivity contribution in [3.8, 4) is 5.75 Å². The Morgan fingerprint density at radius 2 is 2.13 bits per heavy atom. The molecule has 1 rings (SSSR count). The van der Waals surface area contributed by atoms with Gasteiger partial charge in [-0.3, -0.25) is 4.79 Å². The molecule has 0 saturated heterocycles. The number of halogens is 1. The monoisotopic (exact) mass is 224 g/mol. The highest BCUT2D eigenvalue weighted by Gasteiger charge is 2.11. The first kappa shape index (κ1) is 11.8. The van der Waals surface area contributed by atoms with Crippen LogP contribution in [0.1, 0.15) is 21.5 Å². The minimum Gasteiger partial charge on any atom is -0.489 e. The van der Waals surface area contributed by atoms with Crippen LogP contribution >= 0.6 is 11.6 Å². The lowest BCUT2D eigenvalue weighted by Crippen LogP contribution is -2.01. The molecule has 0 spiro atoms. The van der Waals surface area contributed by atoms with Crippen molar-refractivity contribution in [1.29, 1.82) is 0 Å². The third-order valence-corrected chi connectivity index (χ3v) is 2.51. The first-order chi connectivity index (χ1) is 7.07. The SMILES string of the molecule is C=CCOc1ccc(C(=O)Cl)c(C)c1C. The molecule has 0 aromatic heterocycles. The number of carbonyl (C=O) groups is 1. The van der Waals surface area contributed by atoms with E-state index >= 15 is 0 Å². The van der Waals surface area contributed by atoms with Gasteiger partial charge >= 0.3 is 0 Å². The van der Waals surface area contributed by atoms with Crippen molar-refractivity contribution in [3.63, 3.8) is 0 Å². The van der Waals surface area contributed by atoms with Crippen molar-refractivity contribution in [1.82, 2.24) is 0 Å². The van der Waals surface area contributed by atoms with Crippen LogP contribution < -0.4 is 4.74 Å². The molecule has 0 N–H and O–H groups in total. The second-order valence-corrected chi connectivity index (χ2v) is 3.58. The zero-order valence-corrected chi connectivity index (χ0v) is 9.60. The summed E-state index contributed by atoms with van der Waals surface area (Å²) in [5, 5.41) is -0.439. The second-order valence-electron chi connectivity index (χ2n) is 3.23.